The lowest BCUT2D eigenvalue weighted by Crippen LogP contribution is -2.39. The molecule has 0 spiro atoms. The van der Waals surface area contributed by atoms with E-state index in [1.165, 1.54) is 18.2 Å². The third-order valence-corrected chi connectivity index (χ3v) is 4.80. The number of guanidine groups is 1. The van der Waals surface area contributed by atoms with E-state index in [-0.39, 0.29) is 17.8 Å². The van der Waals surface area contributed by atoms with Crippen molar-refractivity contribution in [2.24, 2.45) is 4.99 Å². The highest BCUT2D eigenvalue weighted by Gasteiger charge is 2.41. The Kier molecular flexibility index (Phi) is 6.83. The van der Waals surface area contributed by atoms with E-state index in [0.717, 1.165) is 25.3 Å². The summed E-state index contributed by atoms with van der Waals surface area (Å²) in [6, 6.07) is 5.05. The van der Waals surface area contributed by atoms with Crippen molar-refractivity contribution in [2.75, 3.05) is 25.6 Å². The molecule has 0 amide bonds. The maximum Gasteiger partial charge on any atom is 0.191 e. The van der Waals surface area contributed by atoms with E-state index in [9.17, 15) is 4.39 Å². The number of aliphatic imine (C=N–C) groups is 1. The Morgan fingerprint density at radius 3 is 2.95 bits per heavy atom. The molecule has 1 aromatic carbocycles. The molecular weight excluding hydrogens is 321 g/mol. The first kappa shape index (κ1) is 17.4. The minimum Gasteiger partial charge on any atom is -0.356 e. The lowest BCUT2D eigenvalue weighted by atomic mass is 10.1. The molecule has 6 heteroatoms. The smallest absolute Gasteiger partial charge is 0.191 e. The standard InChI is InChI=1S/C16H23ClFN3S/c1-19-16(20-8-3-4-9-22-2)21-14-10-11(14)15-12(17)6-5-7-13(15)18/h5-7,11,14H,3-4,8-10H2,1-2H3,(H2,19,20,21). The predicted molar refractivity (Wildman–Crippen MR) is 94.7 cm³/mol. The van der Waals surface area contributed by atoms with Crippen molar-refractivity contribution in [3.8, 4) is 0 Å². The van der Waals surface area contributed by atoms with Crippen LogP contribution in [0.4, 0.5) is 4.39 Å². The van der Waals surface area contributed by atoms with Crippen LogP contribution in [0, 0.1) is 5.82 Å². The molecule has 122 valence electrons. The Balaban J connectivity index is 1.80. The molecule has 3 nitrogen and oxygen atoms in total. The number of hydrogen-bond donors (Lipinski definition) is 2. The van der Waals surface area contributed by atoms with E-state index < -0.39 is 0 Å². The average molecular weight is 344 g/mol. The van der Waals surface area contributed by atoms with Crippen LogP contribution in [0.5, 0.6) is 0 Å². The van der Waals surface area contributed by atoms with Crippen molar-refractivity contribution in [1.29, 1.82) is 0 Å². The van der Waals surface area contributed by atoms with Crippen LogP contribution in [0.2, 0.25) is 5.02 Å². The van der Waals surface area contributed by atoms with Gasteiger partial charge in [-0.2, -0.15) is 11.8 Å². The van der Waals surface area contributed by atoms with Gasteiger partial charge in [-0.05, 0) is 43.4 Å². The summed E-state index contributed by atoms with van der Waals surface area (Å²) in [5.74, 6) is 1.87. The molecule has 2 rings (SSSR count). The molecule has 1 aromatic rings. The molecule has 0 bridgehead atoms. The highest BCUT2D eigenvalue weighted by Crippen LogP contribution is 2.44. The second-order valence-electron chi connectivity index (χ2n) is 5.43. The molecule has 1 fully saturated rings. The van der Waals surface area contributed by atoms with Gasteiger partial charge in [-0.3, -0.25) is 4.99 Å². The van der Waals surface area contributed by atoms with E-state index in [0.29, 0.717) is 10.6 Å². The Bertz CT molecular complexity index is 504. The fraction of sp³-hybridized carbons (Fsp3) is 0.562. The fourth-order valence-electron chi connectivity index (χ4n) is 2.49. The quantitative estimate of drug-likeness (QED) is 0.451. The van der Waals surface area contributed by atoms with Crippen molar-refractivity contribution in [3.05, 3.63) is 34.6 Å². The Morgan fingerprint density at radius 2 is 2.27 bits per heavy atom. The number of nitrogens with one attached hydrogen (secondary N) is 2. The summed E-state index contributed by atoms with van der Waals surface area (Å²) in [5, 5.41) is 7.16. The summed E-state index contributed by atoms with van der Waals surface area (Å²) < 4.78 is 13.9. The van der Waals surface area contributed by atoms with Crippen LogP contribution in [0.1, 0.15) is 30.7 Å². The molecule has 2 unspecified atom stereocenters. The molecule has 0 aromatic heterocycles. The van der Waals surface area contributed by atoms with E-state index in [2.05, 4.69) is 21.9 Å². The van der Waals surface area contributed by atoms with Gasteiger partial charge in [-0.1, -0.05) is 17.7 Å². The van der Waals surface area contributed by atoms with E-state index in [1.54, 1.807) is 19.2 Å². The van der Waals surface area contributed by atoms with Crippen LogP contribution >= 0.6 is 23.4 Å². The summed E-state index contributed by atoms with van der Waals surface area (Å²) in [4.78, 5) is 4.22. The Morgan fingerprint density at radius 1 is 1.45 bits per heavy atom. The van der Waals surface area contributed by atoms with Crippen molar-refractivity contribution >= 4 is 29.3 Å². The van der Waals surface area contributed by atoms with Crippen LogP contribution in [-0.4, -0.2) is 37.6 Å². The molecule has 0 radical (unpaired) electrons. The molecular formula is C16H23ClFN3S. The number of benzene rings is 1. The molecule has 1 saturated carbocycles. The lowest BCUT2D eigenvalue weighted by Gasteiger charge is -2.12. The van der Waals surface area contributed by atoms with Crippen molar-refractivity contribution in [1.82, 2.24) is 10.6 Å². The van der Waals surface area contributed by atoms with Gasteiger partial charge < -0.3 is 10.6 Å². The van der Waals surface area contributed by atoms with E-state index in [4.69, 9.17) is 11.6 Å². The summed E-state index contributed by atoms with van der Waals surface area (Å²) in [6.45, 7) is 0.901. The van der Waals surface area contributed by atoms with Gasteiger partial charge in [0.05, 0.1) is 0 Å². The Labute approximate surface area is 141 Å². The highest BCUT2D eigenvalue weighted by molar-refractivity contribution is 7.98. The lowest BCUT2D eigenvalue weighted by molar-refractivity contribution is 0.607. The van der Waals surface area contributed by atoms with Crippen molar-refractivity contribution in [2.45, 2.75) is 31.2 Å². The van der Waals surface area contributed by atoms with Crippen LogP contribution in [0.3, 0.4) is 0 Å². The normalized spacial score (nSPS) is 20.8. The van der Waals surface area contributed by atoms with Gasteiger partial charge in [0, 0.05) is 36.1 Å². The molecule has 22 heavy (non-hydrogen) atoms. The summed E-state index contributed by atoms with van der Waals surface area (Å²) in [7, 11) is 1.75. The molecule has 0 saturated heterocycles. The third kappa shape index (κ3) is 4.78. The first-order valence-electron chi connectivity index (χ1n) is 7.57. The zero-order valence-electron chi connectivity index (χ0n) is 13.0. The van der Waals surface area contributed by atoms with Crippen LogP contribution in [0.25, 0.3) is 0 Å². The Hall–Kier alpha value is -0.940. The van der Waals surface area contributed by atoms with Crippen molar-refractivity contribution < 1.29 is 4.39 Å². The first-order chi connectivity index (χ1) is 10.7. The second kappa shape index (κ2) is 8.63. The minimum atomic E-state index is -0.221. The monoisotopic (exact) mass is 343 g/mol. The highest BCUT2D eigenvalue weighted by atomic mass is 35.5. The van der Waals surface area contributed by atoms with E-state index >= 15 is 0 Å². The molecule has 1 aliphatic rings. The summed E-state index contributed by atoms with van der Waals surface area (Å²) in [5.41, 5.74) is 0.622. The van der Waals surface area contributed by atoms with Crippen LogP contribution in [-0.2, 0) is 0 Å². The van der Waals surface area contributed by atoms with Gasteiger partial charge in [-0.15, -0.1) is 0 Å². The van der Waals surface area contributed by atoms with Crippen LogP contribution in [0.15, 0.2) is 23.2 Å². The zero-order chi connectivity index (χ0) is 15.9. The first-order valence-corrected chi connectivity index (χ1v) is 9.34. The summed E-state index contributed by atoms with van der Waals surface area (Å²) in [6.07, 6.45) is 5.32. The molecule has 0 aliphatic heterocycles. The van der Waals surface area contributed by atoms with Crippen molar-refractivity contribution in [3.63, 3.8) is 0 Å². The van der Waals surface area contributed by atoms with Gasteiger partial charge in [0.15, 0.2) is 5.96 Å². The predicted octanol–water partition coefficient (Wildman–Crippen LogP) is 3.64. The maximum absolute atomic E-state index is 13.9. The largest absolute Gasteiger partial charge is 0.356 e. The molecule has 2 N–H and O–H groups in total. The van der Waals surface area contributed by atoms with Crippen LogP contribution < -0.4 is 10.6 Å². The van der Waals surface area contributed by atoms with Gasteiger partial charge in [0.1, 0.15) is 5.82 Å². The minimum absolute atomic E-state index is 0.128. The van der Waals surface area contributed by atoms with E-state index in [1.807, 2.05) is 11.8 Å². The molecule has 0 heterocycles. The average Bonchev–Trinajstić information content (AvgIpc) is 3.24. The van der Waals surface area contributed by atoms with Gasteiger partial charge in [0.2, 0.25) is 0 Å². The fourth-order valence-corrected chi connectivity index (χ4v) is 3.28. The third-order valence-electron chi connectivity index (χ3n) is 3.77. The topological polar surface area (TPSA) is 36.4 Å². The SMILES string of the molecule is CN=C(NCCCCSC)NC1CC1c1c(F)cccc1Cl. The molecule has 2 atom stereocenters. The number of rotatable bonds is 7. The van der Waals surface area contributed by atoms with Gasteiger partial charge in [-0.25, -0.2) is 4.39 Å². The molecule has 1 aliphatic carbocycles. The number of thioether (sulfide) groups is 1. The summed E-state index contributed by atoms with van der Waals surface area (Å²) >= 11 is 7.98. The number of halogens is 2. The van der Waals surface area contributed by atoms with Gasteiger partial charge >= 0.3 is 0 Å². The maximum atomic E-state index is 13.9. The number of nitrogens with zero attached hydrogens (tertiary/aromatic N) is 1. The zero-order valence-corrected chi connectivity index (χ0v) is 14.6. The number of hydrogen-bond acceptors (Lipinski definition) is 2. The second-order valence-corrected chi connectivity index (χ2v) is 6.82. The number of unbranched alkanes of at least 4 members (excludes halogenated alkanes) is 1. The van der Waals surface area contributed by atoms with Gasteiger partial charge in [0.25, 0.3) is 0 Å².